The fraction of sp³-hybridized carbons (Fsp3) is 0.371. The molecule has 0 aliphatic carbocycles. The van der Waals surface area contributed by atoms with Crippen molar-refractivity contribution in [2.75, 3.05) is 38.7 Å². The highest BCUT2D eigenvalue weighted by molar-refractivity contribution is 6.39. The van der Waals surface area contributed by atoms with Gasteiger partial charge in [0.05, 0.1) is 46.6 Å². The van der Waals surface area contributed by atoms with Gasteiger partial charge in [-0.25, -0.2) is 4.98 Å². The van der Waals surface area contributed by atoms with E-state index in [1.54, 1.807) is 36.1 Å². The van der Waals surface area contributed by atoms with Crippen LogP contribution in [0.25, 0.3) is 22.4 Å². The molecule has 252 valence electrons. The Balaban J connectivity index is 1.19. The molecule has 13 heteroatoms. The Kier molecular flexibility index (Phi) is 10.6. The highest BCUT2D eigenvalue weighted by Crippen LogP contribution is 2.41. The molecule has 2 aliphatic heterocycles. The van der Waals surface area contributed by atoms with Crippen LogP contribution in [0.5, 0.6) is 5.75 Å². The predicted octanol–water partition coefficient (Wildman–Crippen LogP) is 5.80. The van der Waals surface area contributed by atoms with Gasteiger partial charge in [-0.05, 0) is 31.0 Å². The van der Waals surface area contributed by atoms with Gasteiger partial charge in [0.15, 0.2) is 5.82 Å². The molecule has 1 unspecified atom stereocenters. The monoisotopic (exact) mass is 693 g/mol. The molecule has 1 saturated heterocycles. The van der Waals surface area contributed by atoms with Crippen LogP contribution in [-0.4, -0.2) is 70.7 Å². The van der Waals surface area contributed by atoms with Crippen LogP contribution in [0.1, 0.15) is 46.8 Å². The zero-order valence-corrected chi connectivity index (χ0v) is 28.4. The van der Waals surface area contributed by atoms with E-state index >= 15 is 0 Å². The van der Waals surface area contributed by atoms with Crippen molar-refractivity contribution in [1.82, 2.24) is 30.1 Å². The molecule has 3 N–H and O–H groups in total. The molecule has 2 amide bonds. The van der Waals surface area contributed by atoms with Crippen molar-refractivity contribution in [3.8, 4) is 28.1 Å². The molecular weight excluding hydrogens is 656 g/mol. The van der Waals surface area contributed by atoms with Crippen LogP contribution in [0.15, 0.2) is 48.7 Å². The summed E-state index contributed by atoms with van der Waals surface area (Å²) < 4.78 is 20.2. The Hall–Kier alpha value is -4.03. The summed E-state index contributed by atoms with van der Waals surface area (Å²) >= 11 is 13.9. The highest BCUT2D eigenvalue weighted by atomic mass is 35.5. The summed E-state index contributed by atoms with van der Waals surface area (Å²) in [6.07, 6.45) is 4.26. The van der Waals surface area contributed by atoms with E-state index in [0.717, 1.165) is 35.5 Å². The number of nitrogens with zero attached hydrogens (tertiary/aromatic N) is 4. The quantitative estimate of drug-likeness (QED) is 0.172. The summed E-state index contributed by atoms with van der Waals surface area (Å²) in [7, 11) is 3.44. The summed E-state index contributed by atoms with van der Waals surface area (Å²) in [4.78, 5) is 36.3. The van der Waals surface area contributed by atoms with E-state index in [-0.39, 0.29) is 30.4 Å². The number of hydrogen-bond acceptors (Lipinski definition) is 7. The third-order valence-corrected chi connectivity index (χ3v) is 9.71. The molecule has 0 saturated carbocycles. The zero-order chi connectivity index (χ0) is 33.8. The van der Waals surface area contributed by atoms with Gasteiger partial charge in [-0.1, -0.05) is 47.5 Å². The number of rotatable bonds is 12. The molecule has 10 nitrogen and oxygen atoms in total. The summed E-state index contributed by atoms with van der Waals surface area (Å²) in [5.41, 5.74) is 5.86. The second-order valence-electron chi connectivity index (χ2n) is 12.1. The SMILES string of the molecule is COc1cc(-c2nccc(-c3cccc(NC(=O)c4nc5c(n4C)CN(CCCF)CC5)c3Cl)c2Cl)ccc1CNCC1CCC(=O)N1. The lowest BCUT2D eigenvalue weighted by Crippen LogP contribution is -2.35. The first kappa shape index (κ1) is 33.9. The Morgan fingerprint density at radius 2 is 1.98 bits per heavy atom. The van der Waals surface area contributed by atoms with Gasteiger partial charge < -0.3 is 25.3 Å². The number of carbonyl (C=O) groups excluding carboxylic acids is 2. The van der Waals surface area contributed by atoms with E-state index in [1.165, 1.54) is 0 Å². The maximum atomic E-state index is 13.5. The van der Waals surface area contributed by atoms with Crippen LogP contribution in [0.4, 0.5) is 10.1 Å². The number of hydrogen-bond donors (Lipinski definition) is 3. The zero-order valence-electron chi connectivity index (χ0n) is 26.9. The number of aromatic nitrogens is 3. The minimum absolute atomic E-state index is 0.0936. The first-order chi connectivity index (χ1) is 23.3. The maximum absolute atomic E-state index is 13.5. The summed E-state index contributed by atoms with van der Waals surface area (Å²) in [5.74, 6) is 0.689. The smallest absolute Gasteiger partial charge is 0.291 e. The number of fused-ring (bicyclic) bond motifs is 1. The Labute approximate surface area is 289 Å². The second-order valence-corrected chi connectivity index (χ2v) is 12.8. The number of nitrogens with one attached hydrogen (secondary N) is 3. The lowest BCUT2D eigenvalue weighted by molar-refractivity contribution is -0.119. The van der Waals surface area contributed by atoms with Gasteiger partial charge in [-0.15, -0.1) is 0 Å². The van der Waals surface area contributed by atoms with Crippen molar-refractivity contribution in [2.24, 2.45) is 7.05 Å². The summed E-state index contributed by atoms with van der Waals surface area (Å²) in [6, 6.07) is 13.1. The standard InChI is InChI=1S/C35H38Cl2FN7O3/c1-44-28-20-45(15-4-13-38)16-12-26(28)42-34(44)35(47)43-27-6-3-5-24(31(27)36)25-11-14-40-33(32(25)37)21-7-8-22(29(17-21)48-2)18-39-19-23-9-10-30(46)41-23/h3,5-8,11,14,17,23,39H,4,9-10,12-13,15-16,18-20H2,1-2H3,(H,41,46)(H,43,47). The van der Waals surface area contributed by atoms with Gasteiger partial charge >= 0.3 is 0 Å². The van der Waals surface area contributed by atoms with Gasteiger partial charge in [0.2, 0.25) is 5.91 Å². The van der Waals surface area contributed by atoms with Gasteiger partial charge in [0.1, 0.15) is 5.75 Å². The predicted molar refractivity (Wildman–Crippen MR) is 185 cm³/mol. The minimum atomic E-state index is -0.377. The van der Waals surface area contributed by atoms with E-state index in [4.69, 9.17) is 27.9 Å². The van der Waals surface area contributed by atoms with Gasteiger partial charge in [0, 0.05) is 87.1 Å². The highest BCUT2D eigenvalue weighted by Gasteiger charge is 2.26. The van der Waals surface area contributed by atoms with Crippen molar-refractivity contribution in [3.63, 3.8) is 0 Å². The Morgan fingerprint density at radius 3 is 2.75 bits per heavy atom. The fourth-order valence-corrected chi connectivity index (χ4v) is 6.93. The lowest BCUT2D eigenvalue weighted by Gasteiger charge is -2.26. The van der Waals surface area contributed by atoms with Crippen molar-refractivity contribution >= 4 is 40.7 Å². The molecule has 48 heavy (non-hydrogen) atoms. The maximum Gasteiger partial charge on any atom is 0.291 e. The number of amides is 2. The molecule has 6 rings (SSSR count). The molecule has 2 aromatic heterocycles. The molecule has 1 fully saturated rings. The number of anilines is 1. The molecule has 0 bridgehead atoms. The fourth-order valence-electron chi connectivity index (χ4n) is 6.34. The van der Waals surface area contributed by atoms with Crippen LogP contribution in [0.3, 0.4) is 0 Å². The van der Waals surface area contributed by atoms with Crippen molar-refractivity contribution in [2.45, 2.75) is 44.8 Å². The first-order valence-corrected chi connectivity index (χ1v) is 16.8. The first-order valence-electron chi connectivity index (χ1n) is 16.0. The average Bonchev–Trinajstić information content (AvgIpc) is 3.66. The molecule has 0 radical (unpaired) electrons. The van der Waals surface area contributed by atoms with Crippen LogP contribution in [-0.2, 0) is 31.4 Å². The van der Waals surface area contributed by atoms with Gasteiger partial charge in [-0.2, -0.15) is 0 Å². The third kappa shape index (κ3) is 7.19. The van der Waals surface area contributed by atoms with Crippen LogP contribution in [0, 0.1) is 0 Å². The van der Waals surface area contributed by atoms with E-state index < -0.39 is 0 Å². The number of methoxy groups -OCH3 is 1. The Bertz CT molecular complexity index is 1830. The number of benzene rings is 2. The average molecular weight is 695 g/mol. The number of ether oxygens (including phenoxy) is 1. The van der Waals surface area contributed by atoms with Gasteiger partial charge in [0.25, 0.3) is 5.91 Å². The molecule has 0 spiro atoms. The largest absolute Gasteiger partial charge is 0.496 e. The molecule has 2 aliphatic rings. The molecule has 4 heterocycles. The third-order valence-electron chi connectivity index (χ3n) is 8.92. The van der Waals surface area contributed by atoms with E-state index in [2.05, 4.69) is 30.8 Å². The number of alkyl halides is 1. The van der Waals surface area contributed by atoms with Crippen LogP contribution < -0.4 is 20.7 Å². The normalized spacial score (nSPS) is 16.1. The van der Waals surface area contributed by atoms with Crippen molar-refractivity contribution < 1.29 is 18.7 Å². The van der Waals surface area contributed by atoms with Crippen LogP contribution in [0.2, 0.25) is 10.0 Å². The Morgan fingerprint density at radius 1 is 1.15 bits per heavy atom. The molecule has 4 aromatic rings. The lowest BCUT2D eigenvalue weighted by atomic mass is 10.0. The van der Waals surface area contributed by atoms with E-state index in [9.17, 15) is 14.0 Å². The number of imidazole rings is 1. The summed E-state index contributed by atoms with van der Waals surface area (Å²) in [6.45, 7) is 2.98. The number of carbonyl (C=O) groups is 2. The minimum Gasteiger partial charge on any atom is -0.496 e. The molecular formula is C35H38Cl2FN7O3. The van der Waals surface area contributed by atoms with E-state index in [1.807, 2.05) is 31.3 Å². The van der Waals surface area contributed by atoms with Crippen molar-refractivity contribution in [3.05, 3.63) is 81.5 Å². The number of pyridine rings is 1. The second kappa shape index (κ2) is 15.0. The van der Waals surface area contributed by atoms with Crippen LogP contribution >= 0.6 is 23.2 Å². The molecule has 2 aromatic carbocycles. The summed E-state index contributed by atoms with van der Waals surface area (Å²) in [5, 5.41) is 10.0. The number of halogens is 3. The van der Waals surface area contributed by atoms with Crippen molar-refractivity contribution in [1.29, 1.82) is 0 Å². The molecule has 1 atom stereocenters. The topological polar surface area (TPSA) is 113 Å². The van der Waals surface area contributed by atoms with Gasteiger partial charge in [-0.3, -0.25) is 23.9 Å². The van der Waals surface area contributed by atoms with E-state index in [0.29, 0.717) is 83.7 Å².